The first-order valence-corrected chi connectivity index (χ1v) is 11.1. The van der Waals surface area contributed by atoms with E-state index in [0.29, 0.717) is 25.1 Å². The zero-order chi connectivity index (χ0) is 24.2. The Bertz CT molecular complexity index is 862. The van der Waals surface area contributed by atoms with Crippen molar-refractivity contribution in [3.05, 3.63) is 65.7 Å². The van der Waals surface area contributed by atoms with Gasteiger partial charge in [0, 0.05) is 32.2 Å². The molecule has 2 atom stereocenters. The van der Waals surface area contributed by atoms with Gasteiger partial charge in [0.05, 0.1) is 0 Å². The molecule has 33 heavy (non-hydrogen) atoms. The SMILES string of the molecule is CC(C)c1ccccc1OCC(O)CNC1CCN(Cc2ccccc2)C1.O=C(O)C(=O)O. The van der Waals surface area contributed by atoms with Crippen molar-refractivity contribution in [1.82, 2.24) is 10.2 Å². The van der Waals surface area contributed by atoms with Crippen LogP contribution in [0.15, 0.2) is 54.6 Å². The number of para-hydroxylation sites is 1. The van der Waals surface area contributed by atoms with Crippen LogP contribution in [0, 0.1) is 0 Å². The maximum atomic E-state index is 10.3. The Morgan fingerprint density at radius 1 is 1.06 bits per heavy atom. The number of nitrogens with one attached hydrogen (secondary N) is 1. The third-order valence-electron chi connectivity index (χ3n) is 5.32. The molecule has 2 unspecified atom stereocenters. The Balaban J connectivity index is 0.000000569. The van der Waals surface area contributed by atoms with Gasteiger partial charge in [0.2, 0.25) is 0 Å². The maximum absolute atomic E-state index is 10.3. The highest BCUT2D eigenvalue weighted by molar-refractivity contribution is 6.27. The Morgan fingerprint density at radius 2 is 1.70 bits per heavy atom. The van der Waals surface area contributed by atoms with Crippen molar-refractivity contribution in [3.63, 3.8) is 0 Å². The molecule has 1 aliphatic rings. The van der Waals surface area contributed by atoms with Crippen molar-refractivity contribution in [2.24, 2.45) is 0 Å². The molecule has 3 rings (SSSR count). The van der Waals surface area contributed by atoms with Crippen LogP contribution in [0.2, 0.25) is 0 Å². The molecule has 0 saturated carbocycles. The fraction of sp³-hybridized carbons (Fsp3) is 0.440. The van der Waals surface area contributed by atoms with Crippen LogP contribution in [0.1, 0.15) is 37.3 Å². The fourth-order valence-corrected chi connectivity index (χ4v) is 3.62. The highest BCUT2D eigenvalue weighted by Crippen LogP contribution is 2.25. The van der Waals surface area contributed by atoms with Gasteiger partial charge in [0.25, 0.3) is 0 Å². The van der Waals surface area contributed by atoms with E-state index in [2.05, 4.69) is 60.5 Å². The molecule has 1 heterocycles. The molecule has 0 aromatic heterocycles. The van der Waals surface area contributed by atoms with Crippen LogP contribution < -0.4 is 10.1 Å². The van der Waals surface area contributed by atoms with Crippen LogP contribution in [0.25, 0.3) is 0 Å². The first kappa shape index (κ1) is 26.3. The number of likely N-dealkylation sites (tertiary alicyclic amines) is 1. The molecule has 1 fully saturated rings. The van der Waals surface area contributed by atoms with E-state index in [1.54, 1.807) is 0 Å². The molecule has 0 spiro atoms. The van der Waals surface area contributed by atoms with E-state index in [0.717, 1.165) is 31.8 Å². The van der Waals surface area contributed by atoms with Crippen LogP contribution in [0.3, 0.4) is 0 Å². The molecule has 0 aliphatic carbocycles. The average molecular weight is 459 g/mol. The summed E-state index contributed by atoms with van der Waals surface area (Å²) in [6.45, 7) is 8.31. The molecule has 1 saturated heterocycles. The first-order valence-electron chi connectivity index (χ1n) is 11.1. The van der Waals surface area contributed by atoms with Gasteiger partial charge >= 0.3 is 11.9 Å². The third kappa shape index (κ3) is 9.61. The number of rotatable bonds is 9. The number of aliphatic hydroxyl groups excluding tert-OH is 1. The second-order valence-electron chi connectivity index (χ2n) is 8.38. The summed E-state index contributed by atoms with van der Waals surface area (Å²) in [5.74, 6) is -2.36. The molecule has 2 aromatic carbocycles. The summed E-state index contributed by atoms with van der Waals surface area (Å²) in [4.78, 5) is 20.7. The van der Waals surface area contributed by atoms with Gasteiger partial charge in [-0.15, -0.1) is 0 Å². The number of carboxylic acids is 2. The predicted octanol–water partition coefficient (Wildman–Crippen LogP) is 2.57. The molecule has 8 nitrogen and oxygen atoms in total. The van der Waals surface area contributed by atoms with E-state index < -0.39 is 18.0 Å². The minimum Gasteiger partial charge on any atom is -0.491 e. The van der Waals surface area contributed by atoms with Gasteiger partial charge in [-0.25, -0.2) is 9.59 Å². The number of hydrogen-bond donors (Lipinski definition) is 4. The largest absolute Gasteiger partial charge is 0.491 e. The standard InChI is InChI=1S/C23H32N2O2.C2H2O4/c1-18(2)22-10-6-7-11-23(22)27-17-21(26)14-24-20-12-13-25(16-20)15-19-8-4-3-5-9-19;3-1(4)2(5)6/h3-11,18,20-21,24,26H,12-17H2,1-2H3;(H,3,4)(H,5,6). The fourth-order valence-electron chi connectivity index (χ4n) is 3.62. The van der Waals surface area contributed by atoms with E-state index in [-0.39, 0.29) is 0 Å². The topological polar surface area (TPSA) is 119 Å². The summed E-state index contributed by atoms with van der Waals surface area (Å²) in [6, 6.07) is 19.1. The summed E-state index contributed by atoms with van der Waals surface area (Å²) >= 11 is 0. The molecule has 1 aliphatic heterocycles. The number of carbonyl (C=O) groups is 2. The lowest BCUT2D eigenvalue weighted by Crippen LogP contribution is -2.39. The second kappa shape index (κ2) is 13.6. The smallest absolute Gasteiger partial charge is 0.414 e. The van der Waals surface area contributed by atoms with Crippen LogP contribution in [-0.2, 0) is 16.1 Å². The lowest BCUT2D eigenvalue weighted by molar-refractivity contribution is -0.159. The number of benzene rings is 2. The summed E-state index contributed by atoms with van der Waals surface area (Å²) in [6.07, 6.45) is 0.616. The summed E-state index contributed by atoms with van der Waals surface area (Å²) in [5, 5.41) is 28.6. The number of hydrogen-bond acceptors (Lipinski definition) is 6. The van der Waals surface area contributed by atoms with Crippen molar-refractivity contribution in [3.8, 4) is 5.75 Å². The van der Waals surface area contributed by atoms with E-state index in [9.17, 15) is 5.11 Å². The molecule has 2 aromatic rings. The number of nitrogens with zero attached hydrogens (tertiary/aromatic N) is 1. The third-order valence-corrected chi connectivity index (χ3v) is 5.32. The molecular formula is C25H34N2O6. The quantitative estimate of drug-likeness (QED) is 0.424. The monoisotopic (exact) mass is 458 g/mol. The first-order chi connectivity index (χ1) is 15.8. The number of aliphatic hydroxyl groups is 1. The van der Waals surface area contributed by atoms with Crippen LogP contribution in [0.4, 0.5) is 0 Å². The highest BCUT2D eigenvalue weighted by Gasteiger charge is 2.22. The number of carboxylic acid groups (broad SMARTS) is 2. The summed E-state index contributed by atoms with van der Waals surface area (Å²) < 4.78 is 5.88. The van der Waals surface area contributed by atoms with E-state index in [4.69, 9.17) is 24.5 Å². The lowest BCUT2D eigenvalue weighted by Gasteiger charge is -2.19. The second-order valence-corrected chi connectivity index (χ2v) is 8.38. The van der Waals surface area contributed by atoms with Crippen molar-refractivity contribution in [2.75, 3.05) is 26.2 Å². The van der Waals surface area contributed by atoms with Gasteiger partial charge in [-0.2, -0.15) is 0 Å². The Hall–Kier alpha value is -2.94. The van der Waals surface area contributed by atoms with Gasteiger partial charge in [-0.3, -0.25) is 4.90 Å². The van der Waals surface area contributed by atoms with Crippen molar-refractivity contribution >= 4 is 11.9 Å². The Labute approximate surface area is 194 Å². The van der Waals surface area contributed by atoms with Crippen molar-refractivity contribution in [1.29, 1.82) is 0 Å². The Morgan fingerprint density at radius 3 is 2.33 bits per heavy atom. The Kier molecular flexibility index (Phi) is 10.8. The van der Waals surface area contributed by atoms with E-state index in [1.165, 1.54) is 11.1 Å². The van der Waals surface area contributed by atoms with Crippen LogP contribution in [-0.4, -0.2) is 70.5 Å². The van der Waals surface area contributed by atoms with Crippen LogP contribution in [0.5, 0.6) is 5.75 Å². The molecule has 8 heteroatoms. The van der Waals surface area contributed by atoms with Gasteiger partial charge < -0.3 is 25.4 Å². The number of aliphatic carboxylic acids is 2. The summed E-state index contributed by atoms with van der Waals surface area (Å²) in [5.41, 5.74) is 2.54. The van der Waals surface area contributed by atoms with Crippen molar-refractivity contribution < 1.29 is 29.6 Å². The van der Waals surface area contributed by atoms with Gasteiger partial charge in [0.15, 0.2) is 0 Å². The van der Waals surface area contributed by atoms with Crippen molar-refractivity contribution in [2.45, 2.75) is 44.9 Å². The summed E-state index contributed by atoms with van der Waals surface area (Å²) in [7, 11) is 0. The molecule has 0 amide bonds. The van der Waals surface area contributed by atoms with Gasteiger partial charge in [-0.1, -0.05) is 62.4 Å². The zero-order valence-corrected chi connectivity index (χ0v) is 19.2. The zero-order valence-electron chi connectivity index (χ0n) is 19.2. The minimum absolute atomic E-state index is 0.317. The molecule has 0 bridgehead atoms. The lowest BCUT2D eigenvalue weighted by atomic mass is 10.0. The minimum atomic E-state index is -1.82. The van der Waals surface area contributed by atoms with Crippen LogP contribution >= 0.6 is 0 Å². The molecule has 0 radical (unpaired) electrons. The maximum Gasteiger partial charge on any atom is 0.414 e. The predicted molar refractivity (Wildman–Crippen MR) is 125 cm³/mol. The highest BCUT2D eigenvalue weighted by atomic mass is 16.5. The average Bonchev–Trinajstić information content (AvgIpc) is 3.24. The van der Waals surface area contributed by atoms with Gasteiger partial charge in [-0.05, 0) is 29.5 Å². The number of ether oxygens (including phenoxy) is 1. The van der Waals surface area contributed by atoms with E-state index in [1.807, 2.05) is 18.2 Å². The van der Waals surface area contributed by atoms with E-state index >= 15 is 0 Å². The molecule has 4 N–H and O–H groups in total. The molecule has 180 valence electrons. The molecular weight excluding hydrogens is 424 g/mol. The normalized spacial score (nSPS) is 16.7. The van der Waals surface area contributed by atoms with Gasteiger partial charge in [0.1, 0.15) is 18.5 Å².